The predicted molar refractivity (Wildman–Crippen MR) is 78.1 cm³/mol. The highest BCUT2D eigenvalue weighted by atomic mass is 28.3. The van der Waals surface area contributed by atoms with Gasteiger partial charge in [-0.25, -0.2) is 4.98 Å². The van der Waals surface area contributed by atoms with Gasteiger partial charge in [0.05, 0.1) is 5.82 Å². The van der Waals surface area contributed by atoms with Gasteiger partial charge in [-0.3, -0.25) is 0 Å². The van der Waals surface area contributed by atoms with Crippen molar-refractivity contribution in [2.45, 2.75) is 71.5 Å². The molecule has 0 aliphatic heterocycles. The molecule has 1 aromatic rings. The van der Waals surface area contributed by atoms with Crippen LogP contribution >= 0.6 is 0 Å². The highest BCUT2D eigenvalue weighted by Gasteiger charge is 2.33. The fourth-order valence-electron chi connectivity index (χ4n) is 3.16. The first kappa shape index (κ1) is 14.5. The molecule has 0 saturated heterocycles. The summed E-state index contributed by atoms with van der Waals surface area (Å²) in [5.41, 5.74) is 0. The molecule has 98 valence electrons. The smallest absolute Gasteiger partial charge is 0.163 e. The Balaban J connectivity index is 3.09. The van der Waals surface area contributed by atoms with Gasteiger partial charge in [0.25, 0.3) is 0 Å². The summed E-state index contributed by atoms with van der Waals surface area (Å²) in [5.74, 6) is 1.31. The predicted octanol–water partition coefficient (Wildman–Crippen LogP) is 4.47. The highest BCUT2D eigenvalue weighted by molar-refractivity contribution is 6.78. The molecule has 0 spiro atoms. The van der Waals surface area contributed by atoms with E-state index in [1.165, 1.54) is 43.2 Å². The number of hydrogen-bond acceptors (Lipinski definition) is 1. The zero-order chi connectivity index (χ0) is 12.7. The van der Waals surface area contributed by atoms with E-state index in [9.17, 15) is 0 Å². The molecule has 0 saturated carbocycles. The Hall–Kier alpha value is -0.573. The third kappa shape index (κ3) is 3.21. The number of aromatic nitrogens is 2. The van der Waals surface area contributed by atoms with Crippen LogP contribution < -0.4 is 0 Å². The van der Waals surface area contributed by atoms with Crippen molar-refractivity contribution >= 4 is 8.24 Å². The molecule has 0 bridgehead atoms. The van der Waals surface area contributed by atoms with Crippen molar-refractivity contribution in [3.05, 3.63) is 18.2 Å². The number of hydrogen-bond donors (Lipinski definition) is 0. The average molecular weight is 252 g/mol. The topological polar surface area (TPSA) is 17.8 Å². The minimum atomic E-state index is -1.33. The molecule has 0 aliphatic carbocycles. The number of rotatable bonds is 8. The van der Waals surface area contributed by atoms with Gasteiger partial charge in [-0.05, 0) is 18.1 Å². The third-order valence-corrected chi connectivity index (χ3v) is 9.41. The minimum absolute atomic E-state index is 1.07. The molecule has 1 rings (SSSR count). The number of aryl methyl sites for hydroxylation is 1. The second-order valence-electron chi connectivity index (χ2n) is 5.04. The first-order valence-electron chi connectivity index (χ1n) is 7.26. The van der Waals surface area contributed by atoms with Crippen LogP contribution in [0.4, 0.5) is 0 Å². The van der Waals surface area contributed by atoms with Gasteiger partial charge in [0, 0.05) is 18.8 Å². The van der Waals surface area contributed by atoms with Gasteiger partial charge < -0.3 is 4.23 Å². The van der Waals surface area contributed by atoms with Crippen molar-refractivity contribution in [2.75, 3.05) is 0 Å². The molecular formula is C14H28N2Si. The van der Waals surface area contributed by atoms with Gasteiger partial charge in [-0.2, -0.15) is 0 Å². The molecule has 0 atom stereocenters. The molecule has 0 aromatic carbocycles. The van der Waals surface area contributed by atoms with Crippen LogP contribution in [0.2, 0.25) is 18.1 Å². The van der Waals surface area contributed by atoms with Crippen LogP contribution in [0.15, 0.2) is 12.4 Å². The number of imidazole rings is 1. The van der Waals surface area contributed by atoms with E-state index < -0.39 is 8.24 Å². The summed E-state index contributed by atoms with van der Waals surface area (Å²) in [5, 5.41) is 0. The van der Waals surface area contributed by atoms with Gasteiger partial charge >= 0.3 is 0 Å². The number of nitrogens with zero attached hydrogens (tertiary/aromatic N) is 2. The van der Waals surface area contributed by atoms with Gasteiger partial charge in [0.1, 0.15) is 0 Å². The SMILES string of the molecule is CCC[Si](CCC)(CCC)n1ccnc1CC. The van der Waals surface area contributed by atoms with Crippen LogP contribution in [0.5, 0.6) is 0 Å². The molecule has 0 aliphatic rings. The molecule has 1 heterocycles. The van der Waals surface area contributed by atoms with E-state index in [0.29, 0.717) is 0 Å². The third-order valence-electron chi connectivity index (χ3n) is 3.69. The maximum atomic E-state index is 4.55. The van der Waals surface area contributed by atoms with Crippen molar-refractivity contribution in [3.8, 4) is 0 Å². The van der Waals surface area contributed by atoms with Crippen LogP contribution in [0.25, 0.3) is 0 Å². The molecule has 0 N–H and O–H groups in total. The van der Waals surface area contributed by atoms with E-state index in [2.05, 4.69) is 43.1 Å². The van der Waals surface area contributed by atoms with Crippen LogP contribution in [0.3, 0.4) is 0 Å². The normalized spacial score (nSPS) is 12.0. The van der Waals surface area contributed by atoms with Crippen molar-refractivity contribution in [3.63, 3.8) is 0 Å². The lowest BCUT2D eigenvalue weighted by molar-refractivity contribution is 0.829. The van der Waals surface area contributed by atoms with E-state index in [0.717, 1.165) is 6.42 Å². The van der Waals surface area contributed by atoms with E-state index >= 15 is 0 Å². The summed E-state index contributed by atoms with van der Waals surface area (Å²) in [7, 11) is -1.33. The first-order valence-corrected chi connectivity index (χ1v) is 9.83. The van der Waals surface area contributed by atoms with Crippen LogP contribution in [0, 0.1) is 0 Å². The van der Waals surface area contributed by atoms with Crippen molar-refractivity contribution in [1.29, 1.82) is 0 Å². The first-order chi connectivity index (χ1) is 8.24. The summed E-state index contributed by atoms with van der Waals surface area (Å²) in [6.07, 6.45) is 9.27. The molecule has 0 fully saturated rings. The standard InChI is InChI=1S/C14H28N2Si/c1-5-11-17(12-6-2,13-7-3)16-10-9-15-14(16)8-4/h9-10H,5-8,11-13H2,1-4H3. The summed E-state index contributed by atoms with van der Waals surface area (Å²) in [4.78, 5) is 4.55. The van der Waals surface area contributed by atoms with Crippen molar-refractivity contribution in [2.24, 2.45) is 0 Å². The van der Waals surface area contributed by atoms with Gasteiger partial charge in [-0.1, -0.05) is 47.0 Å². The summed E-state index contributed by atoms with van der Waals surface area (Å²) >= 11 is 0. The Morgan fingerprint density at radius 2 is 1.53 bits per heavy atom. The van der Waals surface area contributed by atoms with Crippen LogP contribution in [0.1, 0.15) is 52.8 Å². The second kappa shape index (κ2) is 6.99. The Kier molecular flexibility index (Phi) is 5.96. The minimum Gasteiger partial charge on any atom is -0.362 e. The molecular weight excluding hydrogens is 224 g/mol. The van der Waals surface area contributed by atoms with Crippen molar-refractivity contribution in [1.82, 2.24) is 9.22 Å². The lowest BCUT2D eigenvalue weighted by Gasteiger charge is -2.34. The second-order valence-corrected chi connectivity index (χ2v) is 9.47. The Bertz CT molecular complexity index is 303. The van der Waals surface area contributed by atoms with Gasteiger partial charge in [0.2, 0.25) is 0 Å². The Morgan fingerprint density at radius 3 is 1.94 bits per heavy atom. The van der Waals surface area contributed by atoms with Crippen LogP contribution in [-0.4, -0.2) is 17.5 Å². The molecule has 0 unspecified atom stereocenters. The molecule has 17 heavy (non-hydrogen) atoms. The Morgan fingerprint density at radius 1 is 1.00 bits per heavy atom. The lowest BCUT2D eigenvalue weighted by atomic mass is 10.5. The monoisotopic (exact) mass is 252 g/mol. The quantitative estimate of drug-likeness (QED) is 0.624. The zero-order valence-corrected chi connectivity index (χ0v) is 13.0. The molecule has 0 radical (unpaired) electrons. The van der Waals surface area contributed by atoms with Crippen molar-refractivity contribution < 1.29 is 0 Å². The van der Waals surface area contributed by atoms with E-state index in [4.69, 9.17) is 0 Å². The molecule has 0 amide bonds. The molecule has 1 aromatic heterocycles. The van der Waals surface area contributed by atoms with E-state index in [1.54, 1.807) is 0 Å². The van der Waals surface area contributed by atoms with Gasteiger partial charge in [-0.15, -0.1) is 0 Å². The fraction of sp³-hybridized carbons (Fsp3) is 0.786. The highest BCUT2D eigenvalue weighted by Crippen LogP contribution is 2.29. The fourth-order valence-corrected chi connectivity index (χ4v) is 8.57. The summed E-state index contributed by atoms with van der Waals surface area (Å²) in [6.45, 7) is 9.21. The summed E-state index contributed by atoms with van der Waals surface area (Å²) in [6, 6.07) is 4.24. The summed E-state index contributed by atoms with van der Waals surface area (Å²) < 4.78 is 2.61. The molecule has 3 heteroatoms. The lowest BCUT2D eigenvalue weighted by Crippen LogP contribution is -2.43. The van der Waals surface area contributed by atoms with E-state index in [-0.39, 0.29) is 0 Å². The largest absolute Gasteiger partial charge is 0.362 e. The van der Waals surface area contributed by atoms with E-state index in [1.807, 2.05) is 6.20 Å². The van der Waals surface area contributed by atoms with Gasteiger partial charge in [0.15, 0.2) is 8.24 Å². The average Bonchev–Trinajstić information content (AvgIpc) is 2.78. The molecule has 2 nitrogen and oxygen atoms in total. The van der Waals surface area contributed by atoms with Crippen LogP contribution in [-0.2, 0) is 6.42 Å². The maximum absolute atomic E-state index is 4.55. The maximum Gasteiger partial charge on any atom is 0.163 e. The zero-order valence-electron chi connectivity index (χ0n) is 12.0. The Labute approximate surface area is 108 Å².